The molecule has 1 aromatic carbocycles. The van der Waals surface area contributed by atoms with Crippen molar-refractivity contribution in [2.75, 3.05) is 13.2 Å². The number of hydrogen-bond acceptors (Lipinski definition) is 2. The molecule has 0 aromatic heterocycles. The van der Waals surface area contributed by atoms with Gasteiger partial charge >= 0.3 is 0 Å². The standard InChI is InChI=1S/C17H27NO/c1-4-5-15-6-8-16(9-7-15)13(2)18-14(3)17-10-11-19-12-17/h6-9,13-14,17-18H,4-5,10-12H2,1-3H3. The molecule has 1 saturated heterocycles. The Morgan fingerprint density at radius 3 is 2.58 bits per heavy atom. The van der Waals surface area contributed by atoms with Crippen LogP contribution in [-0.2, 0) is 11.2 Å². The molecule has 0 saturated carbocycles. The molecule has 0 aliphatic carbocycles. The smallest absolute Gasteiger partial charge is 0.0509 e. The Balaban J connectivity index is 1.89. The Hall–Kier alpha value is -0.860. The molecule has 1 aromatic rings. The minimum absolute atomic E-state index is 0.409. The zero-order chi connectivity index (χ0) is 13.7. The minimum Gasteiger partial charge on any atom is -0.381 e. The fourth-order valence-electron chi connectivity index (χ4n) is 2.84. The lowest BCUT2D eigenvalue weighted by Crippen LogP contribution is -2.35. The second kappa shape index (κ2) is 7.06. The largest absolute Gasteiger partial charge is 0.381 e. The summed E-state index contributed by atoms with van der Waals surface area (Å²) in [6, 6.07) is 9.99. The van der Waals surface area contributed by atoms with Gasteiger partial charge in [0.1, 0.15) is 0 Å². The highest BCUT2D eigenvalue weighted by molar-refractivity contribution is 5.24. The molecule has 1 fully saturated rings. The summed E-state index contributed by atoms with van der Waals surface area (Å²) in [4.78, 5) is 0. The molecule has 1 aliphatic heterocycles. The van der Waals surface area contributed by atoms with Crippen molar-refractivity contribution in [2.45, 2.75) is 52.1 Å². The average molecular weight is 261 g/mol. The zero-order valence-corrected chi connectivity index (χ0v) is 12.5. The fraction of sp³-hybridized carbons (Fsp3) is 0.647. The Morgan fingerprint density at radius 1 is 1.26 bits per heavy atom. The van der Waals surface area contributed by atoms with Crippen molar-refractivity contribution in [1.82, 2.24) is 5.32 Å². The topological polar surface area (TPSA) is 21.3 Å². The summed E-state index contributed by atoms with van der Waals surface area (Å²) in [5.41, 5.74) is 2.82. The lowest BCUT2D eigenvalue weighted by molar-refractivity contribution is 0.177. The molecule has 0 radical (unpaired) electrons. The van der Waals surface area contributed by atoms with Gasteiger partial charge in [-0.05, 0) is 43.7 Å². The van der Waals surface area contributed by atoms with Crippen LogP contribution in [0.1, 0.15) is 50.8 Å². The zero-order valence-electron chi connectivity index (χ0n) is 12.5. The molecule has 1 heterocycles. The third-order valence-electron chi connectivity index (χ3n) is 4.20. The van der Waals surface area contributed by atoms with E-state index in [0.717, 1.165) is 13.2 Å². The highest BCUT2D eigenvalue weighted by atomic mass is 16.5. The SMILES string of the molecule is CCCc1ccc(C(C)NC(C)C2CCOC2)cc1. The van der Waals surface area contributed by atoms with Gasteiger partial charge in [-0.15, -0.1) is 0 Å². The van der Waals surface area contributed by atoms with Gasteiger partial charge in [0, 0.05) is 18.7 Å². The summed E-state index contributed by atoms with van der Waals surface area (Å²) >= 11 is 0. The molecule has 0 spiro atoms. The van der Waals surface area contributed by atoms with Crippen molar-refractivity contribution in [2.24, 2.45) is 5.92 Å². The lowest BCUT2D eigenvalue weighted by Gasteiger charge is -2.24. The van der Waals surface area contributed by atoms with E-state index in [1.54, 1.807) is 0 Å². The normalized spacial score (nSPS) is 22.4. The van der Waals surface area contributed by atoms with Crippen LogP contribution in [0.15, 0.2) is 24.3 Å². The number of aryl methyl sites for hydroxylation is 1. The molecule has 1 aliphatic rings. The molecule has 2 rings (SSSR count). The van der Waals surface area contributed by atoms with Gasteiger partial charge in [-0.1, -0.05) is 37.6 Å². The van der Waals surface area contributed by atoms with Crippen molar-refractivity contribution in [1.29, 1.82) is 0 Å². The average Bonchev–Trinajstić information content (AvgIpc) is 2.94. The molecular formula is C17H27NO. The van der Waals surface area contributed by atoms with Crippen LogP contribution in [0, 0.1) is 5.92 Å². The van der Waals surface area contributed by atoms with Gasteiger partial charge in [-0.2, -0.15) is 0 Å². The van der Waals surface area contributed by atoms with E-state index in [1.807, 2.05) is 0 Å². The van der Waals surface area contributed by atoms with Gasteiger partial charge in [0.25, 0.3) is 0 Å². The minimum atomic E-state index is 0.409. The summed E-state index contributed by atoms with van der Waals surface area (Å²) in [7, 11) is 0. The van der Waals surface area contributed by atoms with Gasteiger partial charge in [-0.3, -0.25) is 0 Å². The van der Waals surface area contributed by atoms with Crippen molar-refractivity contribution >= 4 is 0 Å². The number of nitrogens with one attached hydrogen (secondary N) is 1. The van der Waals surface area contributed by atoms with Crippen molar-refractivity contribution in [3.8, 4) is 0 Å². The van der Waals surface area contributed by atoms with Crippen LogP contribution in [0.25, 0.3) is 0 Å². The van der Waals surface area contributed by atoms with Crippen LogP contribution in [0.4, 0.5) is 0 Å². The maximum absolute atomic E-state index is 5.47. The van der Waals surface area contributed by atoms with E-state index in [1.165, 1.54) is 30.4 Å². The molecule has 106 valence electrons. The maximum atomic E-state index is 5.47. The van der Waals surface area contributed by atoms with Crippen LogP contribution in [-0.4, -0.2) is 19.3 Å². The highest BCUT2D eigenvalue weighted by Crippen LogP contribution is 2.20. The molecule has 3 atom stereocenters. The Kier molecular flexibility index (Phi) is 5.41. The van der Waals surface area contributed by atoms with Gasteiger partial charge in [-0.25, -0.2) is 0 Å². The van der Waals surface area contributed by atoms with Crippen molar-refractivity contribution < 1.29 is 4.74 Å². The van der Waals surface area contributed by atoms with Crippen molar-refractivity contribution in [3.05, 3.63) is 35.4 Å². The fourth-order valence-corrected chi connectivity index (χ4v) is 2.84. The van der Waals surface area contributed by atoms with Crippen molar-refractivity contribution in [3.63, 3.8) is 0 Å². The molecule has 2 nitrogen and oxygen atoms in total. The maximum Gasteiger partial charge on any atom is 0.0509 e. The third-order valence-corrected chi connectivity index (χ3v) is 4.20. The summed E-state index contributed by atoms with van der Waals surface area (Å²) in [5.74, 6) is 0.668. The van der Waals surface area contributed by atoms with Crippen LogP contribution < -0.4 is 5.32 Å². The first-order valence-electron chi connectivity index (χ1n) is 7.63. The lowest BCUT2D eigenvalue weighted by atomic mass is 9.98. The first kappa shape index (κ1) is 14.5. The Labute approximate surface area is 117 Å². The van der Waals surface area contributed by atoms with E-state index in [4.69, 9.17) is 4.74 Å². The van der Waals surface area contributed by atoms with E-state index in [-0.39, 0.29) is 0 Å². The first-order chi connectivity index (χ1) is 9.20. The van der Waals surface area contributed by atoms with Crippen LogP contribution in [0.5, 0.6) is 0 Å². The van der Waals surface area contributed by atoms with E-state index >= 15 is 0 Å². The highest BCUT2D eigenvalue weighted by Gasteiger charge is 2.23. The van der Waals surface area contributed by atoms with Crippen LogP contribution >= 0.6 is 0 Å². The molecule has 3 unspecified atom stereocenters. The summed E-state index contributed by atoms with van der Waals surface area (Å²) in [6.07, 6.45) is 3.58. The summed E-state index contributed by atoms with van der Waals surface area (Å²) in [5, 5.41) is 3.71. The van der Waals surface area contributed by atoms with Crippen LogP contribution in [0.2, 0.25) is 0 Å². The van der Waals surface area contributed by atoms with E-state index in [2.05, 4.69) is 50.4 Å². The number of benzene rings is 1. The van der Waals surface area contributed by atoms with Gasteiger partial charge in [0.15, 0.2) is 0 Å². The van der Waals surface area contributed by atoms with Gasteiger partial charge < -0.3 is 10.1 Å². The molecule has 0 bridgehead atoms. The Morgan fingerprint density at radius 2 is 2.00 bits per heavy atom. The second-order valence-corrected chi connectivity index (χ2v) is 5.79. The predicted octanol–water partition coefficient (Wildman–Crippen LogP) is 3.71. The summed E-state index contributed by atoms with van der Waals surface area (Å²) in [6.45, 7) is 8.60. The quantitative estimate of drug-likeness (QED) is 0.843. The second-order valence-electron chi connectivity index (χ2n) is 5.79. The monoisotopic (exact) mass is 261 g/mol. The van der Waals surface area contributed by atoms with Gasteiger partial charge in [0.2, 0.25) is 0 Å². The first-order valence-corrected chi connectivity index (χ1v) is 7.63. The molecule has 0 amide bonds. The third kappa shape index (κ3) is 4.05. The Bertz CT molecular complexity index is 367. The number of hydrogen-bond donors (Lipinski definition) is 1. The van der Waals surface area contributed by atoms with E-state index in [0.29, 0.717) is 18.0 Å². The number of rotatable bonds is 6. The van der Waals surface area contributed by atoms with E-state index < -0.39 is 0 Å². The predicted molar refractivity (Wildman–Crippen MR) is 80.4 cm³/mol. The van der Waals surface area contributed by atoms with Crippen LogP contribution in [0.3, 0.4) is 0 Å². The van der Waals surface area contributed by atoms with E-state index in [9.17, 15) is 0 Å². The summed E-state index contributed by atoms with van der Waals surface area (Å²) < 4.78 is 5.47. The molecule has 1 N–H and O–H groups in total. The molecule has 19 heavy (non-hydrogen) atoms. The number of ether oxygens (including phenoxy) is 1. The van der Waals surface area contributed by atoms with Gasteiger partial charge in [0.05, 0.1) is 6.61 Å². The molecular weight excluding hydrogens is 234 g/mol. The molecule has 2 heteroatoms.